The van der Waals surface area contributed by atoms with E-state index in [2.05, 4.69) is 49.6 Å². The van der Waals surface area contributed by atoms with Crippen molar-refractivity contribution in [1.29, 1.82) is 0 Å². The van der Waals surface area contributed by atoms with Crippen molar-refractivity contribution in [2.24, 2.45) is 5.92 Å². The summed E-state index contributed by atoms with van der Waals surface area (Å²) in [6, 6.07) is 15.7. The number of rotatable bonds is 8. The number of unbranched alkanes of at least 4 members (excludes halogenated alkanes) is 2. The van der Waals surface area contributed by atoms with Gasteiger partial charge in [-0.05, 0) is 79.5 Å². The van der Waals surface area contributed by atoms with E-state index in [1.807, 2.05) is 12.1 Å². The van der Waals surface area contributed by atoms with Gasteiger partial charge in [0.05, 0.1) is 12.2 Å². The Balaban J connectivity index is 1.51. The van der Waals surface area contributed by atoms with Crippen molar-refractivity contribution in [3.8, 4) is 17.6 Å². The average Bonchev–Trinajstić information content (AvgIpc) is 2.84. The normalized spacial score (nSPS) is 17.8. The van der Waals surface area contributed by atoms with Crippen molar-refractivity contribution in [2.75, 3.05) is 6.61 Å². The molecule has 3 nitrogen and oxygen atoms in total. The summed E-state index contributed by atoms with van der Waals surface area (Å²) in [7, 11) is 0. The zero-order chi connectivity index (χ0) is 22.8. The highest BCUT2D eigenvalue weighted by molar-refractivity contribution is 5.89. The summed E-state index contributed by atoms with van der Waals surface area (Å²) < 4.78 is 5.14. The Morgan fingerprint density at radius 2 is 1.56 bits per heavy atom. The Morgan fingerprint density at radius 1 is 0.969 bits per heavy atom. The molecule has 3 rings (SSSR count). The third-order valence-electron chi connectivity index (χ3n) is 6.34. The van der Waals surface area contributed by atoms with E-state index in [1.54, 1.807) is 12.1 Å². The van der Waals surface area contributed by atoms with Crippen LogP contribution in [0.25, 0.3) is 0 Å². The molecule has 0 saturated heterocycles. The highest BCUT2D eigenvalue weighted by atomic mass is 16.5. The van der Waals surface area contributed by atoms with Crippen LogP contribution in [-0.2, 0) is 4.79 Å². The first-order valence-corrected chi connectivity index (χ1v) is 11.8. The summed E-state index contributed by atoms with van der Waals surface area (Å²) in [5, 5.41) is 8.92. The first kappa shape index (κ1) is 23.8. The van der Waals surface area contributed by atoms with Crippen molar-refractivity contribution < 1.29 is 14.6 Å². The number of aliphatic hydroxyl groups excluding tert-OH is 1. The fraction of sp³-hybridized carbons (Fsp3) is 0.414. The molecule has 0 amide bonds. The van der Waals surface area contributed by atoms with Crippen LogP contribution in [0.5, 0.6) is 5.75 Å². The molecule has 1 aliphatic rings. The van der Waals surface area contributed by atoms with Crippen molar-refractivity contribution >= 4 is 5.97 Å². The molecule has 32 heavy (non-hydrogen) atoms. The molecule has 0 aliphatic heterocycles. The molecule has 0 atom stereocenters. The molecule has 0 heterocycles. The van der Waals surface area contributed by atoms with Gasteiger partial charge in [0.15, 0.2) is 0 Å². The van der Waals surface area contributed by atoms with Gasteiger partial charge in [-0.3, -0.25) is 0 Å². The van der Waals surface area contributed by atoms with Gasteiger partial charge in [0, 0.05) is 11.1 Å². The fourth-order valence-corrected chi connectivity index (χ4v) is 4.30. The van der Waals surface area contributed by atoms with E-state index in [-0.39, 0.29) is 5.57 Å². The number of benzene rings is 2. The first-order chi connectivity index (χ1) is 15.6. The lowest BCUT2D eigenvalue weighted by Crippen LogP contribution is -2.13. The minimum atomic E-state index is -0.628. The number of hydrogen-bond donors (Lipinski definition) is 1. The van der Waals surface area contributed by atoms with Gasteiger partial charge in [-0.1, -0.05) is 63.2 Å². The van der Waals surface area contributed by atoms with Gasteiger partial charge in [0.25, 0.3) is 0 Å². The number of ether oxygens (including phenoxy) is 1. The Hall–Kier alpha value is -2.83. The molecule has 3 heteroatoms. The molecule has 0 radical (unpaired) electrons. The minimum absolute atomic E-state index is 0.0253. The summed E-state index contributed by atoms with van der Waals surface area (Å²) in [5.41, 5.74) is 3.31. The van der Waals surface area contributed by atoms with Crippen molar-refractivity contribution in [3.63, 3.8) is 0 Å². The number of carbonyl (C=O) groups is 1. The first-order valence-electron chi connectivity index (χ1n) is 11.8. The Morgan fingerprint density at radius 3 is 2.12 bits per heavy atom. The topological polar surface area (TPSA) is 46.5 Å². The number of carbonyl (C=O) groups excluding carboxylic acids is 1. The van der Waals surface area contributed by atoms with Crippen LogP contribution in [0.2, 0.25) is 0 Å². The van der Waals surface area contributed by atoms with Crippen LogP contribution in [0.4, 0.5) is 0 Å². The van der Waals surface area contributed by atoms with Crippen LogP contribution in [0.15, 0.2) is 60.7 Å². The molecule has 1 fully saturated rings. The Labute approximate surface area is 192 Å². The van der Waals surface area contributed by atoms with E-state index in [1.165, 1.54) is 56.9 Å². The molecule has 2 aromatic rings. The van der Waals surface area contributed by atoms with E-state index < -0.39 is 12.6 Å². The smallest absolute Gasteiger partial charge is 0.341 e. The summed E-state index contributed by atoms with van der Waals surface area (Å²) in [5.74, 6) is 7.77. The number of hydrogen-bond acceptors (Lipinski definition) is 3. The highest BCUT2D eigenvalue weighted by Gasteiger charge is 2.21. The second-order valence-electron chi connectivity index (χ2n) is 8.76. The minimum Gasteiger partial charge on any atom is -0.423 e. The number of aliphatic hydroxyl groups is 1. The molecule has 1 saturated carbocycles. The lowest BCUT2D eigenvalue weighted by atomic mass is 9.77. The van der Waals surface area contributed by atoms with E-state index >= 15 is 0 Å². The largest absolute Gasteiger partial charge is 0.423 e. The summed E-state index contributed by atoms with van der Waals surface area (Å²) in [6.07, 6.45) is 10.9. The van der Waals surface area contributed by atoms with Crippen molar-refractivity contribution in [3.05, 3.63) is 77.4 Å². The lowest BCUT2D eigenvalue weighted by molar-refractivity contribution is -0.130. The maximum Gasteiger partial charge on any atom is 0.341 e. The summed E-state index contributed by atoms with van der Waals surface area (Å²) >= 11 is 0. The second-order valence-corrected chi connectivity index (χ2v) is 8.76. The maximum absolute atomic E-state index is 11.6. The number of esters is 1. The molecular weight excluding hydrogens is 396 g/mol. The van der Waals surface area contributed by atoms with E-state index in [0.717, 1.165) is 17.0 Å². The average molecular weight is 431 g/mol. The van der Waals surface area contributed by atoms with Crippen LogP contribution in [0.3, 0.4) is 0 Å². The SMILES string of the molecule is C=C(CO)C(=O)Oc1ccc(C#Cc2ccc(C3CCC(CCCCC)CC3)cc2)cc1. The predicted molar refractivity (Wildman–Crippen MR) is 130 cm³/mol. The van der Waals surface area contributed by atoms with Crippen LogP contribution in [0.1, 0.15) is 80.9 Å². The lowest BCUT2D eigenvalue weighted by Gasteiger charge is -2.29. The van der Waals surface area contributed by atoms with Crippen LogP contribution in [-0.4, -0.2) is 17.7 Å². The van der Waals surface area contributed by atoms with Gasteiger partial charge < -0.3 is 9.84 Å². The standard InChI is InChI=1S/C29H34O3/c1-3-4-5-6-23-9-15-26(16-10-23)27-17-11-24(12-18-27)7-8-25-13-19-28(20-14-25)32-29(31)22(2)21-30/h11-14,17-20,23,26,30H,2-6,9-10,15-16,21H2,1H3. The quantitative estimate of drug-likeness (QED) is 0.173. The maximum atomic E-state index is 11.6. The summed E-state index contributed by atoms with van der Waals surface area (Å²) in [4.78, 5) is 11.6. The predicted octanol–water partition coefficient (Wildman–Crippen LogP) is 6.39. The Kier molecular flexibility index (Phi) is 9.13. The third kappa shape index (κ3) is 7.11. The van der Waals surface area contributed by atoms with Crippen molar-refractivity contribution in [2.45, 2.75) is 64.2 Å². The molecule has 2 aromatic carbocycles. The van der Waals surface area contributed by atoms with Gasteiger partial charge in [-0.2, -0.15) is 0 Å². The van der Waals surface area contributed by atoms with Gasteiger partial charge >= 0.3 is 5.97 Å². The molecule has 0 bridgehead atoms. The molecule has 0 aromatic heterocycles. The summed E-state index contributed by atoms with van der Waals surface area (Å²) in [6.45, 7) is 5.32. The van der Waals surface area contributed by atoms with Crippen LogP contribution in [0, 0.1) is 17.8 Å². The van der Waals surface area contributed by atoms with Crippen LogP contribution < -0.4 is 4.74 Å². The molecule has 168 valence electrons. The van der Waals surface area contributed by atoms with E-state index in [0.29, 0.717) is 11.7 Å². The Bertz CT molecular complexity index is 937. The second kappa shape index (κ2) is 12.3. The van der Waals surface area contributed by atoms with E-state index in [9.17, 15) is 4.79 Å². The van der Waals surface area contributed by atoms with Crippen LogP contribution >= 0.6 is 0 Å². The highest BCUT2D eigenvalue weighted by Crippen LogP contribution is 2.37. The van der Waals surface area contributed by atoms with E-state index in [4.69, 9.17) is 9.84 Å². The van der Waals surface area contributed by atoms with Crippen molar-refractivity contribution in [1.82, 2.24) is 0 Å². The zero-order valence-electron chi connectivity index (χ0n) is 19.1. The van der Waals surface area contributed by atoms with Gasteiger partial charge in [-0.25, -0.2) is 4.79 Å². The van der Waals surface area contributed by atoms with Gasteiger partial charge in [0.1, 0.15) is 5.75 Å². The molecule has 0 unspecified atom stereocenters. The third-order valence-corrected chi connectivity index (χ3v) is 6.34. The molecular formula is C29H34O3. The van der Waals surface area contributed by atoms with Gasteiger partial charge in [-0.15, -0.1) is 0 Å². The molecule has 1 aliphatic carbocycles. The zero-order valence-corrected chi connectivity index (χ0v) is 19.1. The van der Waals surface area contributed by atoms with Gasteiger partial charge in [0.2, 0.25) is 0 Å². The fourth-order valence-electron chi connectivity index (χ4n) is 4.30. The molecule has 1 N–H and O–H groups in total. The monoisotopic (exact) mass is 430 g/mol. The molecule has 0 spiro atoms.